The minimum Gasteiger partial charge on any atom is -0.496 e. The highest BCUT2D eigenvalue weighted by Crippen LogP contribution is 2.38. The molecule has 0 saturated heterocycles. The third-order valence-corrected chi connectivity index (χ3v) is 3.82. The lowest BCUT2D eigenvalue weighted by Gasteiger charge is -2.23. The first kappa shape index (κ1) is 14.0. The van der Waals surface area contributed by atoms with Gasteiger partial charge in [0.25, 0.3) is 0 Å². The minimum absolute atomic E-state index is 0.448. The van der Waals surface area contributed by atoms with Gasteiger partial charge in [-0.05, 0) is 37.3 Å². The smallest absolute Gasteiger partial charge is 0.148 e. The molecule has 2 aromatic carbocycles. The maximum absolute atomic E-state index is 10.9. The molecule has 0 bridgehead atoms. The Balaban J connectivity index is 2.15. The molecule has 1 aromatic heterocycles. The van der Waals surface area contributed by atoms with Crippen LogP contribution in [0.5, 0.6) is 5.75 Å². The number of hydrogen-bond acceptors (Lipinski definition) is 3. The predicted molar refractivity (Wildman–Crippen MR) is 82.9 cm³/mol. The van der Waals surface area contributed by atoms with Crippen molar-refractivity contribution in [2.75, 3.05) is 7.11 Å². The molecular weight excluding hydrogens is 288 g/mol. The summed E-state index contributed by atoms with van der Waals surface area (Å²) in [5.41, 5.74) is 0.0418. The van der Waals surface area contributed by atoms with E-state index in [1.807, 2.05) is 30.3 Å². The van der Waals surface area contributed by atoms with Crippen molar-refractivity contribution < 1.29 is 14.3 Å². The van der Waals surface area contributed by atoms with Gasteiger partial charge < -0.3 is 14.3 Å². The summed E-state index contributed by atoms with van der Waals surface area (Å²) in [6.07, 6.45) is 0. The highest BCUT2D eigenvalue weighted by atomic mass is 35.5. The zero-order chi connectivity index (χ0) is 15.0. The number of fused-ring (bicyclic) bond motifs is 1. The molecule has 0 aliphatic heterocycles. The molecule has 1 atom stereocenters. The van der Waals surface area contributed by atoms with Crippen LogP contribution in [0.25, 0.3) is 11.0 Å². The van der Waals surface area contributed by atoms with Crippen molar-refractivity contribution in [1.29, 1.82) is 0 Å². The predicted octanol–water partition coefficient (Wildman–Crippen LogP) is 4.35. The monoisotopic (exact) mass is 302 g/mol. The Hall–Kier alpha value is -1.97. The number of para-hydroxylation sites is 1. The zero-order valence-corrected chi connectivity index (χ0v) is 12.5. The lowest BCUT2D eigenvalue weighted by Crippen LogP contribution is -2.22. The van der Waals surface area contributed by atoms with E-state index >= 15 is 0 Å². The van der Waals surface area contributed by atoms with E-state index in [0.29, 0.717) is 27.7 Å². The SMILES string of the molecule is COc1ccccc1C(C)(O)c1cc2cc(Cl)ccc2o1. The van der Waals surface area contributed by atoms with Crippen LogP contribution in [0.1, 0.15) is 18.2 Å². The van der Waals surface area contributed by atoms with Gasteiger partial charge in [-0.1, -0.05) is 29.8 Å². The molecule has 1 unspecified atom stereocenters. The summed E-state index contributed by atoms with van der Waals surface area (Å²) in [7, 11) is 1.58. The maximum atomic E-state index is 10.9. The topological polar surface area (TPSA) is 42.6 Å². The van der Waals surface area contributed by atoms with Crippen LogP contribution in [0.15, 0.2) is 52.9 Å². The quantitative estimate of drug-likeness (QED) is 0.782. The van der Waals surface area contributed by atoms with Gasteiger partial charge in [0.05, 0.1) is 7.11 Å². The molecule has 1 heterocycles. The van der Waals surface area contributed by atoms with Crippen LogP contribution < -0.4 is 4.74 Å². The molecule has 0 spiro atoms. The van der Waals surface area contributed by atoms with Crippen LogP contribution >= 0.6 is 11.6 Å². The van der Waals surface area contributed by atoms with E-state index in [2.05, 4.69) is 0 Å². The van der Waals surface area contributed by atoms with E-state index < -0.39 is 5.60 Å². The zero-order valence-electron chi connectivity index (χ0n) is 11.8. The van der Waals surface area contributed by atoms with Gasteiger partial charge in [-0.3, -0.25) is 0 Å². The Kier molecular flexibility index (Phi) is 3.40. The van der Waals surface area contributed by atoms with E-state index in [4.69, 9.17) is 20.8 Å². The summed E-state index contributed by atoms with van der Waals surface area (Å²) in [5.74, 6) is 1.06. The molecule has 108 valence electrons. The fourth-order valence-electron chi connectivity index (χ4n) is 2.43. The van der Waals surface area contributed by atoms with Gasteiger partial charge in [-0.25, -0.2) is 0 Å². The summed E-state index contributed by atoms with van der Waals surface area (Å²) in [5, 5.41) is 12.4. The Morgan fingerprint density at radius 3 is 2.67 bits per heavy atom. The molecule has 0 aliphatic rings. The first-order valence-corrected chi connectivity index (χ1v) is 6.95. The van der Waals surface area contributed by atoms with Crippen molar-refractivity contribution in [3.05, 3.63) is 64.9 Å². The maximum Gasteiger partial charge on any atom is 0.148 e. The number of methoxy groups -OCH3 is 1. The van der Waals surface area contributed by atoms with Crippen molar-refractivity contribution in [1.82, 2.24) is 0 Å². The van der Waals surface area contributed by atoms with Crippen molar-refractivity contribution in [2.45, 2.75) is 12.5 Å². The fourth-order valence-corrected chi connectivity index (χ4v) is 2.61. The second kappa shape index (κ2) is 5.10. The summed E-state index contributed by atoms with van der Waals surface area (Å²) in [6, 6.07) is 14.5. The second-order valence-electron chi connectivity index (χ2n) is 5.07. The number of furan rings is 1. The largest absolute Gasteiger partial charge is 0.496 e. The van der Waals surface area contributed by atoms with Gasteiger partial charge in [0, 0.05) is 16.0 Å². The standard InChI is InChI=1S/C17H15ClO3/c1-17(19,13-5-3-4-6-15(13)20-2)16-10-11-9-12(18)7-8-14(11)21-16/h3-10,19H,1-2H3. The molecule has 0 amide bonds. The molecule has 3 nitrogen and oxygen atoms in total. The van der Waals surface area contributed by atoms with Crippen molar-refractivity contribution in [2.24, 2.45) is 0 Å². The average Bonchev–Trinajstić information content (AvgIpc) is 2.91. The first-order chi connectivity index (χ1) is 10.0. The molecule has 0 saturated carbocycles. The summed E-state index contributed by atoms with van der Waals surface area (Å²) in [4.78, 5) is 0. The second-order valence-corrected chi connectivity index (χ2v) is 5.50. The number of ether oxygens (including phenoxy) is 1. The Morgan fingerprint density at radius 2 is 1.90 bits per heavy atom. The van der Waals surface area contributed by atoms with Gasteiger partial charge >= 0.3 is 0 Å². The van der Waals surface area contributed by atoms with Gasteiger partial charge in [-0.2, -0.15) is 0 Å². The van der Waals surface area contributed by atoms with Crippen molar-refractivity contribution >= 4 is 22.6 Å². The van der Waals surface area contributed by atoms with Gasteiger partial charge in [0.15, 0.2) is 0 Å². The number of benzene rings is 2. The lowest BCUT2D eigenvalue weighted by molar-refractivity contribution is 0.0758. The highest BCUT2D eigenvalue weighted by molar-refractivity contribution is 6.31. The fraction of sp³-hybridized carbons (Fsp3) is 0.176. The normalized spacial score (nSPS) is 14.1. The molecule has 3 rings (SSSR count). The average molecular weight is 303 g/mol. The third-order valence-electron chi connectivity index (χ3n) is 3.59. The number of aliphatic hydroxyl groups is 1. The summed E-state index contributed by atoms with van der Waals surface area (Å²) < 4.78 is 11.1. The number of hydrogen-bond donors (Lipinski definition) is 1. The number of rotatable bonds is 3. The Morgan fingerprint density at radius 1 is 1.14 bits per heavy atom. The molecule has 0 aliphatic carbocycles. The molecule has 0 radical (unpaired) electrons. The van der Waals surface area contributed by atoms with Gasteiger partial charge in [0.2, 0.25) is 0 Å². The van der Waals surface area contributed by atoms with Crippen LogP contribution in [0.4, 0.5) is 0 Å². The van der Waals surface area contributed by atoms with Crippen LogP contribution in [-0.2, 0) is 5.60 Å². The van der Waals surface area contributed by atoms with Crippen LogP contribution in [-0.4, -0.2) is 12.2 Å². The minimum atomic E-state index is -1.29. The van der Waals surface area contributed by atoms with Crippen molar-refractivity contribution in [3.8, 4) is 5.75 Å². The van der Waals surface area contributed by atoms with Gasteiger partial charge in [-0.15, -0.1) is 0 Å². The molecule has 21 heavy (non-hydrogen) atoms. The van der Waals surface area contributed by atoms with E-state index in [1.165, 1.54) is 0 Å². The summed E-state index contributed by atoms with van der Waals surface area (Å²) in [6.45, 7) is 1.68. The highest BCUT2D eigenvalue weighted by Gasteiger charge is 2.32. The van der Waals surface area contributed by atoms with Crippen LogP contribution in [0.3, 0.4) is 0 Å². The molecule has 1 N–H and O–H groups in total. The van der Waals surface area contributed by atoms with Crippen LogP contribution in [0, 0.1) is 0 Å². The van der Waals surface area contributed by atoms with E-state index in [1.54, 1.807) is 32.2 Å². The summed E-state index contributed by atoms with van der Waals surface area (Å²) >= 11 is 5.98. The van der Waals surface area contributed by atoms with E-state index in [-0.39, 0.29) is 0 Å². The van der Waals surface area contributed by atoms with Crippen LogP contribution in [0.2, 0.25) is 5.02 Å². The lowest BCUT2D eigenvalue weighted by atomic mass is 9.92. The molecule has 3 aromatic rings. The first-order valence-electron chi connectivity index (χ1n) is 6.58. The molecule has 0 fully saturated rings. The number of halogens is 1. The van der Waals surface area contributed by atoms with Gasteiger partial charge in [0.1, 0.15) is 22.7 Å². The Bertz CT molecular complexity index is 790. The third kappa shape index (κ3) is 2.39. The van der Waals surface area contributed by atoms with E-state index in [0.717, 1.165) is 5.39 Å². The molecule has 4 heteroatoms. The Labute approximate surface area is 127 Å². The van der Waals surface area contributed by atoms with Crippen molar-refractivity contribution in [3.63, 3.8) is 0 Å². The van der Waals surface area contributed by atoms with E-state index in [9.17, 15) is 5.11 Å². The molecular formula is C17H15ClO3.